The van der Waals surface area contributed by atoms with E-state index in [4.69, 9.17) is 4.74 Å². The number of rotatable bonds is 6. The van der Waals surface area contributed by atoms with Gasteiger partial charge in [-0.05, 0) is 55.3 Å². The number of fused-ring (bicyclic) bond motifs is 1. The molecule has 6 nitrogen and oxygen atoms in total. The SMILES string of the molecule is CC1Cc2cc(S(=O)(=O)NCCOc3cccc(C(F)(F)F)c3)ccc2N1C(=O)C(F)(F)F. The van der Waals surface area contributed by atoms with E-state index in [1.807, 2.05) is 0 Å². The van der Waals surface area contributed by atoms with Crippen LogP contribution in [0.5, 0.6) is 5.75 Å². The number of benzene rings is 2. The molecule has 1 atom stereocenters. The fourth-order valence-electron chi connectivity index (χ4n) is 3.41. The van der Waals surface area contributed by atoms with Crippen molar-refractivity contribution in [3.63, 3.8) is 0 Å². The Kier molecular flexibility index (Phi) is 6.67. The summed E-state index contributed by atoms with van der Waals surface area (Å²) in [6.07, 6.45) is -9.58. The molecule has 1 aliphatic rings. The van der Waals surface area contributed by atoms with Crippen molar-refractivity contribution in [2.75, 3.05) is 18.1 Å². The number of nitrogens with one attached hydrogen (secondary N) is 1. The van der Waals surface area contributed by atoms with Crippen molar-refractivity contribution in [1.82, 2.24) is 4.72 Å². The van der Waals surface area contributed by atoms with Crippen molar-refractivity contribution in [1.29, 1.82) is 0 Å². The number of hydrogen-bond acceptors (Lipinski definition) is 4. The first-order valence-electron chi connectivity index (χ1n) is 9.53. The molecule has 1 aliphatic heterocycles. The Morgan fingerprint density at radius 2 is 1.82 bits per heavy atom. The summed E-state index contributed by atoms with van der Waals surface area (Å²) in [5.74, 6) is -2.13. The molecule has 1 heterocycles. The number of carbonyl (C=O) groups excluding carboxylic acids is 1. The van der Waals surface area contributed by atoms with E-state index in [1.54, 1.807) is 0 Å². The van der Waals surface area contributed by atoms with Crippen molar-refractivity contribution in [3.8, 4) is 5.75 Å². The van der Waals surface area contributed by atoms with Gasteiger partial charge in [0.15, 0.2) is 0 Å². The predicted octanol–water partition coefficient (Wildman–Crippen LogP) is 3.90. The molecule has 2 aromatic carbocycles. The first-order chi connectivity index (χ1) is 15.2. The highest BCUT2D eigenvalue weighted by Gasteiger charge is 2.47. The largest absolute Gasteiger partial charge is 0.492 e. The van der Waals surface area contributed by atoms with Crippen LogP contribution in [0.3, 0.4) is 0 Å². The van der Waals surface area contributed by atoms with E-state index in [1.165, 1.54) is 19.1 Å². The zero-order chi connectivity index (χ0) is 24.6. The molecular weight excluding hydrogens is 478 g/mol. The summed E-state index contributed by atoms with van der Waals surface area (Å²) in [4.78, 5) is 12.0. The highest BCUT2D eigenvalue weighted by atomic mass is 32.2. The van der Waals surface area contributed by atoms with Crippen LogP contribution in [0.2, 0.25) is 0 Å². The second-order valence-corrected chi connectivity index (χ2v) is 9.06. The predicted molar refractivity (Wildman–Crippen MR) is 105 cm³/mol. The fraction of sp³-hybridized carbons (Fsp3) is 0.350. The number of amides is 1. The zero-order valence-corrected chi connectivity index (χ0v) is 17.8. The molecule has 3 rings (SSSR count). The summed E-state index contributed by atoms with van der Waals surface area (Å²) in [6.45, 7) is 0.877. The van der Waals surface area contributed by atoms with Gasteiger partial charge in [0.1, 0.15) is 12.4 Å². The number of sulfonamides is 1. The van der Waals surface area contributed by atoms with Crippen LogP contribution >= 0.6 is 0 Å². The summed E-state index contributed by atoms with van der Waals surface area (Å²) in [5.41, 5.74) is -0.661. The quantitative estimate of drug-likeness (QED) is 0.486. The first kappa shape index (κ1) is 24.8. The average Bonchev–Trinajstić information content (AvgIpc) is 3.04. The summed E-state index contributed by atoms with van der Waals surface area (Å²) >= 11 is 0. The molecule has 2 aromatic rings. The van der Waals surface area contributed by atoms with Crippen LogP contribution in [0, 0.1) is 0 Å². The normalized spacial score (nSPS) is 16.6. The van der Waals surface area contributed by atoms with Gasteiger partial charge in [0.25, 0.3) is 0 Å². The highest BCUT2D eigenvalue weighted by molar-refractivity contribution is 7.89. The third-order valence-corrected chi connectivity index (χ3v) is 6.32. The summed E-state index contributed by atoms with van der Waals surface area (Å²) < 4.78 is 109. The van der Waals surface area contributed by atoms with Crippen LogP contribution in [0.25, 0.3) is 0 Å². The Morgan fingerprint density at radius 1 is 1.12 bits per heavy atom. The van der Waals surface area contributed by atoms with Crippen molar-refractivity contribution in [2.24, 2.45) is 0 Å². The Balaban J connectivity index is 1.65. The van der Waals surface area contributed by atoms with Crippen LogP contribution in [-0.2, 0) is 27.4 Å². The standard InChI is InChI=1S/C20H18F6N2O4S/c1-12-9-13-10-16(5-6-17(13)28(12)18(29)20(24,25)26)33(30,31)27-7-8-32-15-4-2-3-14(11-15)19(21,22)23/h2-6,10-12,27H,7-9H2,1H3. The number of halogens is 6. The topological polar surface area (TPSA) is 75.7 Å². The van der Waals surface area contributed by atoms with Crippen molar-refractivity contribution < 1.29 is 44.3 Å². The summed E-state index contributed by atoms with van der Waals surface area (Å²) in [5, 5.41) is 0. The smallest absolute Gasteiger partial charge is 0.471 e. The van der Waals surface area contributed by atoms with Gasteiger partial charge >= 0.3 is 18.3 Å². The molecule has 0 saturated carbocycles. The molecule has 33 heavy (non-hydrogen) atoms. The maximum atomic E-state index is 12.8. The lowest BCUT2D eigenvalue weighted by Crippen LogP contribution is -2.44. The van der Waals surface area contributed by atoms with Gasteiger partial charge in [-0.3, -0.25) is 4.79 Å². The molecule has 1 amide bonds. The van der Waals surface area contributed by atoms with Crippen LogP contribution < -0.4 is 14.4 Å². The number of alkyl halides is 6. The molecule has 0 fully saturated rings. The molecule has 0 aliphatic carbocycles. The summed E-state index contributed by atoms with van der Waals surface area (Å²) in [7, 11) is -4.09. The minimum atomic E-state index is -5.07. The Labute approximate surface area is 185 Å². The lowest BCUT2D eigenvalue weighted by Gasteiger charge is -2.23. The number of nitrogens with zero attached hydrogens (tertiary/aromatic N) is 1. The van der Waals surface area contributed by atoms with Crippen molar-refractivity contribution in [2.45, 2.75) is 36.6 Å². The molecule has 13 heteroatoms. The van der Waals surface area contributed by atoms with Gasteiger partial charge in [-0.15, -0.1) is 0 Å². The molecular formula is C20H18F6N2O4S. The number of carbonyl (C=O) groups is 1. The van der Waals surface area contributed by atoms with E-state index >= 15 is 0 Å². The van der Waals surface area contributed by atoms with Crippen LogP contribution in [0.4, 0.5) is 32.0 Å². The van der Waals surface area contributed by atoms with Crippen molar-refractivity contribution >= 4 is 21.6 Å². The maximum Gasteiger partial charge on any atom is 0.471 e. The average molecular weight is 496 g/mol. The third-order valence-electron chi connectivity index (χ3n) is 4.86. The van der Waals surface area contributed by atoms with E-state index in [-0.39, 0.29) is 41.5 Å². The van der Waals surface area contributed by atoms with Crippen LogP contribution in [-0.4, -0.2) is 39.7 Å². The van der Waals surface area contributed by atoms with Crippen molar-refractivity contribution in [3.05, 3.63) is 53.6 Å². The van der Waals surface area contributed by atoms with Gasteiger partial charge in [-0.1, -0.05) is 6.07 Å². The van der Waals surface area contributed by atoms with Gasteiger partial charge in [0.2, 0.25) is 10.0 Å². The molecule has 0 aromatic heterocycles. The maximum absolute atomic E-state index is 12.8. The molecule has 0 saturated heterocycles. The monoisotopic (exact) mass is 496 g/mol. The molecule has 180 valence electrons. The Hall–Kier alpha value is -2.80. The number of ether oxygens (including phenoxy) is 1. The lowest BCUT2D eigenvalue weighted by molar-refractivity contribution is -0.170. The minimum absolute atomic E-state index is 0.0170. The van der Waals surface area contributed by atoms with E-state index in [9.17, 15) is 39.6 Å². The second-order valence-electron chi connectivity index (χ2n) is 7.29. The Morgan fingerprint density at radius 3 is 2.45 bits per heavy atom. The van der Waals surface area contributed by atoms with E-state index in [2.05, 4.69) is 4.72 Å². The Bertz CT molecular complexity index is 1150. The fourth-order valence-corrected chi connectivity index (χ4v) is 4.47. The van der Waals surface area contributed by atoms with Crippen LogP contribution in [0.1, 0.15) is 18.1 Å². The van der Waals surface area contributed by atoms with Crippen LogP contribution in [0.15, 0.2) is 47.4 Å². The van der Waals surface area contributed by atoms with E-state index in [0.29, 0.717) is 4.90 Å². The number of hydrogen-bond donors (Lipinski definition) is 1. The third kappa shape index (κ3) is 5.58. The summed E-state index contributed by atoms with van der Waals surface area (Å²) in [6, 6.07) is 6.68. The van der Waals surface area contributed by atoms with Gasteiger partial charge < -0.3 is 9.64 Å². The zero-order valence-electron chi connectivity index (χ0n) is 17.0. The van der Waals surface area contributed by atoms with Gasteiger partial charge in [0.05, 0.1) is 10.5 Å². The van der Waals surface area contributed by atoms with E-state index in [0.717, 1.165) is 30.3 Å². The van der Waals surface area contributed by atoms with E-state index < -0.39 is 39.9 Å². The minimum Gasteiger partial charge on any atom is -0.492 e. The second kappa shape index (κ2) is 8.86. The lowest BCUT2D eigenvalue weighted by atomic mass is 10.1. The van der Waals surface area contributed by atoms with Gasteiger partial charge in [-0.2, -0.15) is 26.3 Å². The van der Waals surface area contributed by atoms with Gasteiger partial charge in [0, 0.05) is 18.3 Å². The molecule has 0 spiro atoms. The molecule has 1 unspecified atom stereocenters. The molecule has 1 N–H and O–H groups in total. The molecule has 0 radical (unpaired) electrons. The van der Waals surface area contributed by atoms with Gasteiger partial charge in [-0.25, -0.2) is 13.1 Å². The number of anilines is 1. The first-order valence-corrected chi connectivity index (χ1v) is 11.0. The molecule has 0 bridgehead atoms. The highest BCUT2D eigenvalue weighted by Crippen LogP contribution is 2.36.